The van der Waals surface area contributed by atoms with Gasteiger partial charge in [0.1, 0.15) is 11.3 Å². The van der Waals surface area contributed by atoms with Crippen molar-refractivity contribution >= 4 is 35.2 Å². The number of methoxy groups -OCH3 is 1. The lowest BCUT2D eigenvalue weighted by Gasteiger charge is -2.15. The molecule has 0 radical (unpaired) electrons. The third-order valence-electron chi connectivity index (χ3n) is 3.06. The van der Waals surface area contributed by atoms with E-state index in [0.717, 1.165) is 16.8 Å². The van der Waals surface area contributed by atoms with Crippen molar-refractivity contribution in [2.24, 2.45) is 4.99 Å². The molecule has 1 aromatic rings. The standard InChI is InChI=1S/C13H12ClN3O3/c1-6(18)20-10-3-7-8(4-9(10)19-2)17-13-11(7)12(14)15-5-16-13/h3-5,13,17H,1-2H3,(H,15,16). The lowest BCUT2D eigenvalue weighted by molar-refractivity contribution is -0.132. The van der Waals surface area contributed by atoms with Crippen molar-refractivity contribution < 1.29 is 14.3 Å². The molecular formula is C13H12ClN3O3. The second-order valence-electron chi connectivity index (χ2n) is 4.34. The zero-order valence-corrected chi connectivity index (χ0v) is 11.6. The number of carbonyl (C=O) groups is 1. The van der Waals surface area contributed by atoms with Crippen molar-refractivity contribution in [3.63, 3.8) is 0 Å². The zero-order chi connectivity index (χ0) is 14.3. The van der Waals surface area contributed by atoms with Crippen LogP contribution in [0.1, 0.15) is 12.5 Å². The van der Waals surface area contributed by atoms with Crippen LogP contribution in [0, 0.1) is 0 Å². The van der Waals surface area contributed by atoms with Crippen LogP contribution in [-0.2, 0) is 4.79 Å². The molecule has 0 saturated heterocycles. The van der Waals surface area contributed by atoms with Crippen LogP contribution in [0.5, 0.6) is 11.5 Å². The van der Waals surface area contributed by atoms with Gasteiger partial charge in [0.05, 0.1) is 13.4 Å². The number of rotatable bonds is 2. The van der Waals surface area contributed by atoms with Crippen LogP contribution in [0.15, 0.2) is 22.3 Å². The molecule has 2 N–H and O–H groups in total. The summed E-state index contributed by atoms with van der Waals surface area (Å²) in [5, 5.41) is 6.57. The number of hydrogen-bond donors (Lipinski definition) is 2. The molecule has 0 bridgehead atoms. The smallest absolute Gasteiger partial charge is 0.308 e. The molecule has 20 heavy (non-hydrogen) atoms. The Kier molecular flexibility index (Phi) is 3.02. The van der Waals surface area contributed by atoms with Gasteiger partial charge in [0, 0.05) is 29.8 Å². The number of nitrogens with one attached hydrogen (secondary N) is 2. The highest BCUT2D eigenvalue weighted by Gasteiger charge is 2.32. The molecular weight excluding hydrogens is 282 g/mol. The molecule has 104 valence electrons. The molecule has 0 aromatic heterocycles. The highest BCUT2D eigenvalue weighted by Crippen LogP contribution is 2.44. The first-order valence-corrected chi connectivity index (χ1v) is 6.33. The van der Waals surface area contributed by atoms with E-state index in [1.807, 2.05) is 0 Å². The van der Waals surface area contributed by atoms with E-state index in [0.29, 0.717) is 16.7 Å². The second-order valence-corrected chi connectivity index (χ2v) is 4.72. The van der Waals surface area contributed by atoms with Gasteiger partial charge in [0.25, 0.3) is 0 Å². The predicted molar refractivity (Wildman–Crippen MR) is 76.1 cm³/mol. The van der Waals surface area contributed by atoms with Crippen molar-refractivity contribution in [2.75, 3.05) is 12.4 Å². The van der Waals surface area contributed by atoms with Crippen LogP contribution < -0.4 is 20.1 Å². The lowest BCUT2D eigenvalue weighted by atomic mass is 10.1. The summed E-state index contributed by atoms with van der Waals surface area (Å²) in [6.45, 7) is 1.34. The van der Waals surface area contributed by atoms with E-state index in [1.54, 1.807) is 18.5 Å². The maximum Gasteiger partial charge on any atom is 0.308 e. The number of esters is 1. The summed E-state index contributed by atoms with van der Waals surface area (Å²) < 4.78 is 10.4. The van der Waals surface area contributed by atoms with Crippen LogP contribution in [0.4, 0.5) is 5.69 Å². The molecule has 2 heterocycles. The molecule has 3 rings (SSSR count). The minimum atomic E-state index is -0.411. The second kappa shape index (κ2) is 4.72. The lowest BCUT2D eigenvalue weighted by Crippen LogP contribution is -2.23. The highest BCUT2D eigenvalue weighted by atomic mass is 35.5. The third-order valence-corrected chi connectivity index (χ3v) is 3.38. The van der Waals surface area contributed by atoms with Crippen LogP contribution in [0.25, 0.3) is 5.57 Å². The zero-order valence-electron chi connectivity index (χ0n) is 10.9. The summed E-state index contributed by atoms with van der Waals surface area (Å²) in [7, 11) is 1.52. The van der Waals surface area contributed by atoms with E-state index < -0.39 is 5.97 Å². The molecule has 0 fully saturated rings. The number of ether oxygens (including phenoxy) is 2. The van der Waals surface area contributed by atoms with Crippen molar-refractivity contribution in [1.29, 1.82) is 0 Å². The van der Waals surface area contributed by atoms with E-state index in [2.05, 4.69) is 15.6 Å². The predicted octanol–water partition coefficient (Wildman–Crippen LogP) is 1.91. The Hall–Kier alpha value is -2.21. The first kappa shape index (κ1) is 12.8. The van der Waals surface area contributed by atoms with Gasteiger partial charge >= 0.3 is 5.97 Å². The van der Waals surface area contributed by atoms with E-state index >= 15 is 0 Å². The van der Waals surface area contributed by atoms with Gasteiger partial charge in [-0.3, -0.25) is 4.79 Å². The summed E-state index contributed by atoms with van der Waals surface area (Å²) >= 11 is 6.18. The maximum atomic E-state index is 11.2. The number of fused-ring (bicyclic) bond motifs is 3. The molecule has 1 atom stereocenters. The number of hydrogen-bond acceptors (Lipinski definition) is 6. The van der Waals surface area contributed by atoms with E-state index in [9.17, 15) is 4.79 Å². The van der Waals surface area contributed by atoms with E-state index in [-0.39, 0.29) is 6.17 Å². The number of nitrogens with zero attached hydrogens (tertiary/aromatic N) is 1. The summed E-state index contributed by atoms with van der Waals surface area (Å²) in [6.07, 6.45) is 1.30. The normalized spacial score (nSPS) is 18.9. The Morgan fingerprint density at radius 3 is 2.90 bits per heavy atom. The Bertz CT molecular complexity index is 655. The fourth-order valence-electron chi connectivity index (χ4n) is 2.26. The Balaban J connectivity index is 2.12. The van der Waals surface area contributed by atoms with Crippen LogP contribution in [-0.4, -0.2) is 25.6 Å². The summed E-state index contributed by atoms with van der Waals surface area (Å²) in [5.41, 5.74) is 2.48. The molecule has 2 aliphatic heterocycles. The van der Waals surface area contributed by atoms with Crippen LogP contribution in [0.2, 0.25) is 0 Å². The number of benzene rings is 1. The third kappa shape index (κ3) is 1.98. The van der Waals surface area contributed by atoms with E-state index in [1.165, 1.54) is 14.0 Å². The number of aliphatic imine (C=N–C) groups is 1. The van der Waals surface area contributed by atoms with Crippen molar-refractivity contribution in [1.82, 2.24) is 5.32 Å². The maximum absolute atomic E-state index is 11.2. The number of halogens is 1. The van der Waals surface area contributed by atoms with Gasteiger partial charge in [0.15, 0.2) is 11.5 Å². The first-order valence-electron chi connectivity index (χ1n) is 5.95. The van der Waals surface area contributed by atoms with Gasteiger partial charge < -0.3 is 20.1 Å². The molecule has 2 aliphatic rings. The minimum absolute atomic E-state index is 0.240. The van der Waals surface area contributed by atoms with Gasteiger partial charge in [-0.25, -0.2) is 4.99 Å². The summed E-state index contributed by atoms with van der Waals surface area (Å²) in [5.74, 6) is 0.414. The number of carbonyl (C=O) groups excluding carboxylic acids is 1. The average molecular weight is 294 g/mol. The molecule has 0 saturated carbocycles. The average Bonchev–Trinajstić information content (AvgIpc) is 2.75. The summed E-state index contributed by atoms with van der Waals surface area (Å²) in [4.78, 5) is 15.4. The van der Waals surface area contributed by atoms with Crippen molar-refractivity contribution in [3.8, 4) is 11.5 Å². The monoisotopic (exact) mass is 293 g/mol. The molecule has 0 spiro atoms. The van der Waals surface area contributed by atoms with Gasteiger partial charge in [-0.15, -0.1) is 0 Å². The highest BCUT2D eigenvalue weighted by molar-refractivity contribution is 6.34. The minimum Gasteiger partial charge on any atom is -0.493 e. The molecule has 0 amide bonds. The fraction of sp³-hybridized carbons (Fsp3) is 0.231. The van der Waals surface area contributed by atoms with Gasteiger partial charge in [-0.1, -0.05) is 11.6 Å². The van der Waals surface area contributed by atoms with Gasteiger partial charge in [0.2, 0.25) is 0 Å². The van der Waals surface area contributed by atoms with E-state index in [4.69, 9.17) is 21.1 Å². The SMILES string of the molecule is COc1cc2c(cc1OC(C)=O)C1=C(Cl)NC=NC1N2. The summed E-state index contributed by atoms with van der Waals surface area (Å²) in [6, 6.07) is 3.49. The van der Waals surface area contributed by atoms with Gasteiger partial charge in [-0.05, 0) is 6.07 Å². The van der Waals surface area contributed by atoms with Crippen LogP contribution >= 0.6 is 11.6 Å². The Labute approximate surface area is 120 Å². The Morgan fingerprint density at radius 1 is 1.40 bits per heavy atom. The molecule has 6 nitrogen and oxygen atoms in total. The molecule has 1 aromatic carbocycles. The molecule has 7 heteroatoms. The molecule has 1 unspecified atom stereocenters. The van der Waals surface area contributed by atoms with Crippen molar-refractivity contribution in [3.05, 3.63) is 22.9 Å². The largest absolute Gasteiger partial charge is 0.493 e. The molecule has 0 aliphatic carbocycles. The first-order chi connectivity index (χ1) is 9.60. The Morgan fingerprint density at radius 2 is 2.20 bits per heavy atom. The quantitative estimate of drug-likeness (QED) is 0.495. The van der Waals surface area contributed by atoms with Gasteiger partial charge in [-0.2, -0.15) is 0 Å². The topological polar surface area (TPSA) is 72.0 Å². The van der Waals surface area contributed by atoms with Crippen molar-refractivity contribution in [2.45, 2.75) is 13.1 Å². The fourth-order valence-corrected chi connectivity index (χ4v) is 2.51. The van der Waals surface area contributed by atoms with Crippen LogP contribution in [0.3, 0.4) is 0 Å². The number of anilines is 1.